The van der Waals surface area contributed by atoms with Gasteiger partial charge in [0.2, 0.25) is 5.16 Å². The second kappa shape index (κ2) is 8.06. The first-order chi connectivity index (χ1) is 13.2. The Bertz CT molecular complexity index is 984. The number of pyridine rings is 1. The van der Waals surface area contributed by atoms with E-state index in [0.717, 1.165) is 0 Å². The molecule has 0 spiro atoms. The molecule has 0 saturated heterocycles. The Morgan fingerprint density at radius 3 is 2.11 bits per heavy atom. The van der Waals surface area contributed by atoms with E-state index in [1.807, 2.05) is 25.9 Å². The van der Waals surface area contributed by atoms with Crippen molar-refractivity contribution in [2.75, 3.05) is 14.1 Å². The molecule has 5 nitrogen and oxygen atoms in total. The number of aromatic nitrogens is 4. The summed E-state index contributed by atoms with van der Waals surface area (Å²) in [5.41, 5.74) is 0.566. The second-order valence-electron chi connectivity index (χ2n) is 6.04. The predicted octanol–water partition coefficient (Wildman–Crippen LogP) is 4.65. The molecule has 11 heteroatoms. The third-order valence-corrected chi connectivity index (χ3v) is 5.30. The molecule has 0 aliphatic carbocycles. The molecular formula is C17H14ClF4N5S. The molecule has 0 fully saturated rings. The van der Waals surface area contributed by atoms with E-state index in [-0.39, 0.29) is 11.2 Å². The maximum Gasteiger partial charge on any atom is 0.252 e. The summed E-state index contributed by atoms with van der Waals surface area (Å²) < 4.78 is 56.6. The molecule has 28 heavy (non-hydrogen) atoms. The average molecular weight is 432 g/mol. The lowest BCUT2D eigenvalue weighted by Crippen LogP contribution is -2.20. The number of benzene rings is 1. The fraction of sp³-hybridized carbons (Fsp3) is 0.235. The quantitative estimate of drug-likeness (QED) is 0.435. The van der Waals surface area contributed by atoms with Gasteiger partial charge in [0.25, 0.3) is 11.9 Å². The Labute approximate surface area is 167 Å². The highest BCUT2D eigenvalue weighted by atomic mass is 35.5. The minimum atomic E-state index is -1.74. The lowest BCUT2D eigenvalue weighted by Gasteiger charge is -2.20. The first kappa shape index (κ1) is 20.6. The van der Waals surface area contributed by atoms with Gasteiger partial charge < -0.3 is 0 Å². The van der Waals surface area contributed by atoms with Crippen molar-refractivity contribution >= 4 is 23.4 Å². The van der Waals surface area contributed by atoms with Gasteiger partial charge in [-0.2, -0.15) is 13.8 Å². The maximum atomic E-state index is 14.1. The molecule has 0 saturated carbocycles. The van der Waals surface area contributed by atoms with Crippen LogP contribution in [0.25, 0.3) is 5.69 Å². The van der Waals surface area contributed by atoms with Crippen LogP contribution in [0.5, 0.6) is 0 Å². The third-order valence-electron chi connectivity index (χ3n) is 4.04. The normalized spacial score (nSPS) is 12.6. The standard InChI is InChI=1S/C17H14ClF4N5S/c1-8(26(2)3)16-24-25-17(27(16)10-6-4-9(18)5-7-10)28-13-11(19)14(21)23-15(22)12(13)20/h4-8H,1-3H3. The molecule has 3 aromatic rings. The molecule has 1 atom stereocenters. The van der Waals surface area contributed by atoms with Gasteiger partial charge in [0.1, 0.15) is 0 Å². The van der Waals surface area contributed by atoms with Gasteiger partial charge in [0.05, 0.1) is 10.9 Å². The SMILES string of the molecule is CC(c1nnc(Sc2c(F)c(F)nc(F)c2F)n1-c1ccc(Cl)cc1)N(C)C. The van der Waals surface area contributed by atoms with Crippen molar-refractivity contribution in [1.29, 1.82) is 0 Å². The fourth-order valence-electron chi connectivity index (χ4n) is 2.33. The fourth-order valence-corrected chi connectivity index (χ4v) is 3.36. The Morgan fingerprint density at radius 1 is 1.00 bits per heavy atom. The molecule has 2 heterocycles. The van der Waals surface area contributed by atoms with Crippen LogP contribution in [0.1, 0.15) is 18.8 Å². The van der Waals surface area contributed by atoms with Crippen LogP contribution in [-0.2, 0) is 0 Å². The average Bonchev–Trinajstić information content (AvgIpc) is 3.07. The zero-order chi connectivity index (χ0) is 20.6. The van der Waals surface area contributed by atoms with Crippen LogP contribution in [0.2, 0.25) is 5.02 Å². The second-order valence-corrected chi connectivity index (χ2v) is 7.46. The van der Waals surface area contributed by atoms with E-state index in [4.69, 9.17) is 11.6 Å². The van der Waals surface area contributed by atoms with Gasteiger partial charge in [-0.3, -0.25) is 9.47 Å². The molecule has 0 N–H and O–H groups in total. The molecule has 1 unspecified atom stereocenters. The van der Waals surface area contributed by atoms with Crippen molar-refractivity contribution < 1.29 is 17.6 Å². The lowest BCUT2D eigenvalue weighted by molar-refractivity contribution is 0.305. The summed E-state index contributed by atoms with van der Waals surface area (Å²) in [7, 11) is 3.65. The van der Waals surface area contributed by atoms with E-state index in [2.05, 4.69) is 15.2 Å². The number of hydrogen-bond acceptors (Lipinski definition) is 5. The number of hydrogen-bond donors (Lipinski definition) is 0. The summed E-state index contributed by atoms with van der Waals surface area (Å²) in [6, 6.07) is 6.37. The van der Waals surface area contributed by atoms with Crippen molar-refractivity contribution in [3.63, 3.8) is 0 Å². The van der Waals surface area contributed by atoms with Crippen molar-refractivity contribution in [3.05, 3.63) is 58.6 Å². The molecule has 0 amide bonds. The molecule has 1 aromatic carbocycles. The highest BCUT2D eigenvalue weighted by Crippen LogP contribution is 2.35. The Morgan fingerprint density at radius 2 is 1.57 bits per heavy atom. The maximum absolute atomic E-state index is 14.1. The van der Waals surface area contributed by atoms with Crippen molar-refractivity contribution in [3.8, 4) is 5.69 Å². The highest BCUT2D eigenvalue weighted by molar-refractivity contribution is 7.99. The van der Waals surface area contributed by atoms with E-state index in [1.165, 1.54) is 0 Å². The number of rotatable bonds is 5. The lowest BCUT2D eigenvalue weighted by atomic mass is 10.2. The van der Waals surface area contributed by atoms with Crippen molar-refractivity contribution in [1.82, 2.24) is 24.6 Å². The molecule has 2 aromatic heterocycles. The topological polar surface area (TPSA) is 46.8 Å². The van der Waals surface area contributed by atoms with Crippen molar-refractivity contribution in [2.45, 2.75) is 23.0 Å². The first-order valence-corrected chi connectivity index (χ1v) is 9.15. The molecule has 0 bridgehead atoms. The molecule has 148 valence electrons. The number of halogens is 5. The summed E-state index contributed by atoms with van der Waals surface area (Å²) in [6.45, 7) is 1.86. The highest BCUT2D eigenvalue weighted by Gasteiger charge is 2.26. The van der Waals surface area contributed by atoms with E-state index in [1.54, 1.807) is 28.8 Å². The molecule has 0 aliphatic heterocycles. The van der Waals surface area contributed by atoms with Gasteiger partial charge in [0, 0.05) is 10.7 Å². The Hall–Kier alpha value is -2.17. The van der Waals surface area contributed by atoms with Gasteiger partial charge in [-0.25, -0.2) is 8.78 Å². The summed E-state index contributed by atoms with van der Waals surface area (Å²) in [4.78, 5) is 3.53. The van der Waals surface area contributed by atoms with Crippen LogP contribution in [-0.4, -0.2) is 38.7 Å². The van der Waals surface area contributed by atoms with Crippen LogP contribution in [0.3, 0.4) is 0 Å². The molecule has 0 aliphatic rings. The smallest absolute Gasteiger partial charge is 0.252 e. The minimum Gasteiger partial charge on any atom is -0.300 e. The predicted molar refractivity (Wildman–Crippen MR) is 96.7 cm³/mol. The minimum absolute atomic E-state index is 0.0221. The van der Waals surface area contributed by atoms with Gasteiger partial charge >= 0.3 is 0 Å². The largest absolute Gasteiger partial charge is 0.300 e. The van der Waals surface area contributed by atoms with Crippen molar-refractivity contribution in [2.24, 2.45) is 0 Å². The van der Waals surface area contributed by atoms with Crippen LogP contribution in [0.15, 0.2) is 34.3 Å². The monoisotopic (exact) mass is 431 g/mol. The molecule has 3 rings (SSSR count). The Kier molecular flexibility index (Phi) is 5.92. The van der Waals surface area contributed by atoms with Crippen LogP contribution in [0.4, 0.5) is 17.6 Å². The molecule has 0 radical (unpaired) electrons. The summed E-state index contributed by atoms with van der Waals surface area (Å²) in [6.07, 6.45) is 0. The van der Waals surface area contributed by atoms with Gasteiger partial charge in [-0.05, 0) is 57.0 Å². The number of nitrogens with zero attached hydrogens (tertiary/aromatic N) is 5. The van der Waals surface area contributed by atoms with Crippen LogP contribution in [0, 0.1) is 23.5 Å². The van der Waals surface area contributed by atoms with E-state index < -0.39 is 28.4 Å². The summed E-state index contributed by atoms with van der Waals surface area (Å²) in [5, 5.41) is 8.59. The van der Waals surface area contributed by atoms with Crippen LogP contribution >= 0.6 is 23.4 Å². The van der Waals surface area contributed by atoms with Crippen LogP contribution < -0.4 is 0 Å². The molecular weight excluding hydrogens is 418 g/mol. The van der Waals surface area contributed by atoms with Gasteiger partial charge in [-0.15, -0.1) is 10.2 Å². The van der Waals surface area contributed by atoms with E-state index in [9.17, 15) is 17.6 Å². The zero-order valence-corrected chi connectivity index (χ0v) is 16.5. The van der Waals surface area contributed by atoms with E-state index in [0.29, 0.717) is 28.3 Å². The zero-order valence-electron chi connectivity index (χ0n) is 14.9. The first-order valence-electron chi connectivity index (χ1n) is 7.96. The summed E-state index contributed by atoms with van der Waals surface area (Å²) in [5.74, 6) is -6.21. The van der Waals surface area contributed by atoms with Gasteiger partial charge in [-0.1, -0.05) is 11.6 Å². The Balaban J connectivity index is 2.16. The third kappa shape index (κ3) is 3.85. The van der Waals surface area contributed by atoms with E-state index >= 15 is 0 Å². The summed E-state index contributed by atoms with van der Waals surface area (Å²) >= 11 is 6.34. The van der Waals surface area contributed by atoms with Gasteiger partial charge in [0.15, 0.2) is 17.5 Å².